The van der Waals surface area contributed by atoms with E-state index in [4.69, 9.17) is 29.9 Å². The highest BCUT2D eigenvalue weighted by Crippen LogP contribution is 2.57. The van der Waals surface area contributed by atoms with Crippen molar-refractivity contribution >= 4 is 19.4 Å². The zero-order chi connectivity index (χ0) is 24.0. The Morgan fingerprint density at radius 3 is 2.88 bits per heavy atom. The summed E-state index contributed by atoms with van der Waals surface area (Å²) in [6, 6.07) is 5.09. The first kappa shape index (κ1) is 24.3. The lowest BCUT2D eigenvalue weighted by Crippen LogP contribution is -2.42. The Hall–Kier alpha value is -1.79. The molecule has 2 saturated heterocycles. The third kappa shape index (κ3) is 4.88. The van der Waals surface area contributed by atoms with Crippen LogP contribution in [0, 0.1) is 12.7 Å². The Morgan fingerprint density at radius 2 is 2.15 bits per heavy atom. The molecule has 0 aliphatic carbocycles. The van der Waals surface area contributed by atoms with Gasteiger partial charge in [-0.3, -0.25) is 18.1 Å². The van der Waals surface area contributed by atoms with Crippen molar-refractivity contribution in [2.24, 2.45) is 0 Å². The van der Waals surface area contributed by atoms with Crippen LogP contribution in [0.2, 0.25) is 5.02 Å². The molecule has 1 aromatic carbocycles. The van der Waals surface area contributed by atoms with Crippen LogP contribution in [0.3, 0.4) is 0 Å². The molecule has 14 heteroatoms. The summed E-state index contributed by atoms with van der Waals surface area (Å²) in [5, 5.41) is 10.3. The number of phosphoric ester groups is 1. The second-order valence-electron chi connectivity index (χ2n) is 7.53. The van der Waals surface area contributed by atoms with Crippen LogP contribution in [-0.2, 0) is 22.9 Å². The van der Waals surface area contributed by atoms with Crippen molar-refractivity contribution in [3.63, 3.8) is 0 Å². The van der Waals surface area contributed by atoms with Gasteiger partial charge < -0.3 is 9.84 Å². The van der Waals surface area contributed by atoms with Crippen molar-refractivity contribution in [1.82, 2.24) is 9.55 Å². The molecule has 2 aliphatic rings. The summed E-state index contributed by atoms with van der Waals surface area (Å²) in [6.45, 7) is 0.559. The summed E-state index contributed by atoms with van der Waals surface area (Å²) in [5.74, 6) is -4.53. The van der Waals surface area contributed by atoms with Gasteiger partial charge >= 0.3 is 19.4 Å². The first-order valence-electron chi connectivity index (χ1n) is 9.80. The third-order valence-corrected chi connectivity index (χ3v) is 6.90. The summed E-state index contributed by atoms with van der Waals surface area (Å²) in [5.41, 5.74) is -0.649. The number of aromatic nitrogens is 2. The largest absolute Gasteiger partial charge is 0.475 e. The quantitative estimate of drug-likeness (QED) is 0.608. The van der Waals surface area contributed by atoms with Crippen LogP contribution < -0.4 is 5.69 Å². The normalized spacial score (nSPS) is 31.6. The standard InChI is InChI=1S/C19H19ClF3N2O7P/c1-10-4-6-25(18(27)24-10)17-19(22,23)16(26)15(31-17)9-30-33(28)29-7-5-14(32-33)12-8-11(20)2-3-13(12)21/h2-4,6,8,14-17,26H,5,7,9H2,1H3/t14-,15-,16-,17-,33+/m1/s1. The number of hydrogen-bond acceptors (Lipinski definition) is 8. The van der Waals surface area contributed by atoms with E-state index in [1.165, 1.54) is 25.1 Å². The maximum Gasteiger partial charge on any atom is 0.475 e. The predicted molar refractivity (Wildman–Crippen MR) is 107 cm³/mol. The number of ether oxygens (including phenoxy) is 1. The molecule has 0 bridgehead atoms. The number of aliphatic hydroxyl groups excluding tert-OH is 1. The van der Waals surface area contributed by atoms with Crippen LogP contribution in [0.5, 0.6) is 0 Å². The average molecular weight is 511 g/mol. The van der Waals surface area contributed by atoms with Gasteiger partial charge in [0.1, 0.15) is 11.9 Å². The molecule has 1 N–H and O–H groups in total. The Bertz CT molecular complexity index is 1150. The Morgan fingerprint density at radius 1 is 1.39 bits per heavy atom. The monoisotopic (exact) mass is 510 g/mol. The predicted octanol–water partition coefficient (Wildman–Crippen LogP) is 3.54. The van der Waals surface area contributed by atoms with E-state index in [0.717, 1.165) is 12.3 Å². The fourth-order valence-corrected chi connectivity index (χ4v) is 5.06. The van der Waals surface area contributed by atoms with Gasteiger partial charge in [-0.25, -0.2) is 13.8 Å². The van der Waals surface area contributed by atoms with E-state index in [0.29, 0.717) is 10.3 Å². The van der Waals surface area contributed by atoms with Crippen LogP contribution >= 0.6 is 19.4 Å². The lowest BCUT2D eigenvalue weighted by Gasteiger charge is -2.30. The number of aliphatic hydroxyl groups is 1. The van der Waals surface area contributed by atoms with Gasteiger partial charge in [0.05, 0.1) is 19.3 Å². The average Bonchev–Trinajstić information content (AvgIpc) is 2.97. The van der Waals surface area contributed by atoms with E-state index in [9.17, 15) is 27.6 Å². The van der Waals surface area contributed by atoms with Crippen molar-refractivity contribution < 1.29 is 41.2 Å². The number of benzene rings is 1. The minimum absolute atomic E-state index is 0.0321. The highest BCUT2D eigenvalue weighted by Gasteiger charge is 2.60. The molecule has 180 valence electrons. The number of nitrogens with zero attached hydrogens (tertiary/aromatic N) is 2. The number of rotatable bonds is 5. The molecule has 0 radical (unpaired) electrons. The zero-order valence-electron chi connectivity index (χ0n) is 17.1. The van der Waals surface area contributed by atoms with Gasteiger partial charge in [-0.05, 0) is 31.2 Å². The molecule has 5 atom stereocenters. The van der Waals surface area contributed by atoms with E-state index >= 15 is 0 Å². The Kier molecular flexibility index (Phi) is 6.71. The molecule has 2 aromatic rings. The van der Waals surface area contributed by atoms with Crippen molar-refractivity contribution in [3.8, 4) is 0 Å². The maximum atomic E-state index is 14.6. The fourth-order valence-electron chi connectivity index (χ4n) is 3.50. The second-order valence-corrected chi connectivity index (χ2v) is 9.59. The molecule has 9 nitrogen and oxygen atoms in total. The van der Waals surface area contributed by atoms with Gasteiger partial charge in [-0.15, -0.1) is 0 Å². The summed E-state index contributed by atoms with van der Waals surface area (Å²) in [7, 11) is -4.33. The van der Waals surface area contributed by atoms with Gasteiger partial charge in [0, 0.05) is 28.9 Å². The number of alkyl halides is 2. The molecule has 33 heavy (non-hydrogen) atoms. The van der Waals surface area contributed by atoms with Crippen molar-refractivity contribution in [3.05, 3.63) is 63.0 Å². The SMILES string of the molecule is Cc1ccn([C@@H]2O[C@H](CO[P@]3(=O)OCC[C@H](c4cc(Cl)ccc4F)O3)[C@@H](O)C2(F)F)c(=O)n1. The van der Waals surface area contributed by atoms with Crippen molar-refractivity contribution in [2.75, 3.05) is 13.2 Å². The molecular weight excluding hydrogens is 492 g/mol. The number of phosphoric acid groups is 1. The van der Waals surface area contributed by atoms with Crippen LogP contribution in [0.1, 0.15) is 30.0 Å². The van der Waals surface area contributed by atoms with E-state index in [2.05, 4.69) is 4.98 Å². The van der Waals surface area contributed by atoms with Gasteiger partial charge in [-0.1, -0.05) is 11.6 Å². The minimum Gasteiger partial charge on any atom is -0.384 e. The third-order valence-electron chi connectivity index (χ3n) is 5.19. The lowest BCUT2D eigenvalue weighted by atomic mass is 10.1. The van der Waals surface area contributed by atoms with Gasteiger partial charge in [0.2, 0.25) is 6.23 Å². The molecule has 0 spiro atoms. The molecule has 4 rings (SSSR count). The van der Waals surface area contributed by atoms with Crippen molar-refractivity contribution in [1.29, 1.82) is 0 Å². The van der Waals surface area contributed by atoms with Gasteiger partial charge in [0.15, 0.2) is 6.10 Å². The van der Waals surface area contributed by atoms with Crippen molar-refractivity contribution in [2.45, 2.75) is 43.8 Å². The van der Waals surface area contributed by atoms with Gasteiger partial charge in [0.25, 0.3) is 0 Å². The maximum absolute atomic E-state index is 14.6. The first-order chi connectivity index (χ1) is 15.5. The molecular formula is C19H19ClF3N2O7P. The van der Waals surface area contributed by atoms with Crippen LogP contribution in [-0.4, -0.2) is 46.0 Å². The van der Waals surface area contributed by atoms with E-state index in [1.807, 2.05) is 0 Å². The van der Waals surface area contributed by atoms with Gasteiger partial charge in [-0.2, -0.15) is 13.8 Å². The molecule has 2 fully saturated rings. The number of hydrogen-bond donors (Lipinski definition) is 1. The van der Waals surface area contributed by atoms with Crippen LogP contribution in [0.25, 0.3) is 0 Å². The van der Waals surface area contributed by atoms with Crippen LogP contribution in [0.15, 0.2) is 35.3 Å². The summed E-state index contributed by atoms with van der Waals surface area (Å²) in [6.07, 6.45) is -6.06. The van der Waals surface area contributed by atoms with E-state index in [-0.39, 0.29) is 23.6 Å². The first-order valence-corrected chi connectivity index (χ1v) is 11.6. The number of halogens is 4. The summed E-state index contributed by atoms with van der Waals surface area (Å²) >= 11 is 5.88. The Labute approximate surface area is 190 Å². The van der Waals surface area contributed by atoms with Crippen LogP contribution in [0.4, 0.5) is 13.2 Å². The number of aryl methyl sites for hydroxylation is 1. The molecule has 2 aliphatic heterocycles. The molecule has 1 aromatic heterocycles. The highest BCUT2D eigenvalue weighted by atomic mass is 35.5. The highest BCUT2D eigenvalue weighted by molar-refractivity contribution is 7.48. The smallest absolute Gasteiger partial charge is 0.384 e. The van der Waals surface area contributed by atoms with E-state index in [1.54, 1.807) is 0 Å². The van der Waals surface area contributed by atoms with E-state index < -0.39 is 56.4 Å². The topological polar surface area (TPSA) is 109 Å². The molecule has 0 unspecified atom stereocenters. The fraction of sp³-hybridized carbons (Fsp3) is 0.474. The second kappa shape index (κ2) is 9.10. The summed E-state index contributed by atoms with van der Waals surface area (Å²) < 4.78 is 77.5. The summed E-state index contributed by atoms with van der Waals surface area (Å²) in [4.78, 5) is 15.6. The zero-order valence-corrected chi connectivity index (χ0v) is 18.7. The lowest BCUT2D eigenvalue weighted by molar-refractivity contribution is -0.141. The molecule has 0 amide bonds. The molecule has 0 saturated carbocycles. The Balaban J connectivity index is 1.47. The minimum atomic E-state index is -4.33. The molecule has 3 heterocycles.